The fraction of sp³-hybridized carbons (Fsp3) is 0.692. The zero-order valence-electron chi connectivity index (χ0n) is 19.4. The van der Waals surface area contributed by atoms with E-state index in [1.54, 1.807) is 0 Å². The van der Waals surface area contributed by atoms with Crippen LogP contribution in [0.2, 0.25) is 0 Å². The minimum absolute atomic E-state index is 0.165. The van der Waals surface area contributed by atoms with Crippen molar-refractivity contribution in [1.29, 1.82) is 0 Å². The Morgan fingerprint density at radius 1 is 1.21 bits per heavy atom. The average Bonchev–Trinajstić information content (AvgIpc) is 3.42. The van der Waals surface area contributed by atoms with Gasteiger partial charge in [0, 0.05) is 0 Å². The lowest BCUT2D eigenvalue weighted by molar-refractivity contribution is -0.157. The molecule has 1 aromatic carbocycles. The van der Waals surface area contributed by atoms with Gasteiger partial charge in [0.1, 0.15) is 11.4 Å². The molecule has 0 saturated heterocycles. The standard InChI is InChI=1S/C26H36O7/c1-2-4-18(27)7-8-19-20-11-16-5-3-6-23(21(16)12-17(20)13-22(19)28)32-15-25(31)33-26(9-10-26)14-24(29)30/h3,5-6,17-20,22,27-28H,2,4,7-15H2,1H3,(H,29,30)/t17-,18-,19+,20-,22+/m0/s1. The lowest BCUT2D eigenvalue weighted by atomic mass is 9.73. The molecule has 3 aliphatic carbocycles. The first-order valence-electron chi connectivity index (χ1n) is 12.3. The van der Waals surface area contributed by atoms with E-state index in [-0.39, 0.29) is 31.2 Å². The highest BCUT2D eigenvalue weighted by Gasteiger charge is 2.49. The number of esters is 1. The number of aliphatic hydroxyl groups is 2. The molecule has 2 saturated carbocycles. The van der Waals surface area contributed by atoms with Gasteiger partial charge < -0.3 is 24.8 Å². The van der Waals surface area contributed by atoms with Crippen molar-refractivity contribution in [2.24, 2.45) is 17.8 Å². The van der Waals surface area contributed by atoms with Crippen molar-refractivity contribution < 1.29 is 34.4 Å². The number of carboxylic acids is 1. The molecule has 0 spiro atoms. The van der Waals surface area contributed by atoms with Crippen LogP contribution >= 0.6 is 0 Å². The first kappa shape index (κ1) is 24.0. The number of fused-ring (bicyclic) bond motifs is 2. The minimum atomic E-state index is -0.968. The van der Waals surface area contributed by atoms with E-state index in [1.807, 2.05) is 12.1 Å². The highest BCUT2D eigenvalue weighted by atomic mass is 16.6. The molecule has 1 aromatic rings. The summed E-state index contributed by atoms with van der Waals surface area (Å²) >= 11 is 0. The third-order valence-electron chi connectivity index (χ3n) is 7.76. The third kappa shape index (κ3) is 5.69. The Hall–Kier alpha value is -2.12. The molecule has 5 atom stereocenters. The Labute approximate surface area is 195 Å². The maximum absolute atomic E-state index is 12.3. The van der Waals surface area contributed by atoms with Crippen LogP contribution in [0.3, 0.4) is 0 Å². The summed E-state index contributed by atoms with van der Waals surface area (Å²) in [5.41, 5.74) is 1.44. The molecule has 2 fully saturated rings. The topological polar surface area (TPSA) is 113 Å². The van der Waals surface area contributed by atoms with Gasteiger partial charge in [0.15, 0.2) is 6.61 Å². The number of benzene rings is 1. The summed E-state index contributed by atoms with van der Waals surface area (Å²) in [5.74, 6) is 0.127. The van der Waals surface area contributed by atoms with Crippen molar-refractivity contribution in [2.75, 3.05) is 6.61 Å². The molecule has 0 aromatic heterocycles. The SMILES string of the molecule is CCC[C@H](O)CC[C@@H]1[C@H]2Cc3cccc(OCC(=O)OC4(CC(=O)O)CC4)c3C[C@H]2C[C@H]1O. The highest BCUT2D eigenvalue weighted by Crippen LogP contribution is 2.48. The number of aliphatic hydroxyl groups excluding tert-OH is 2. The second kappa shape index (κ2) is 10.0. The van der Waals surface area contributed by atoms with Crippen LogP contribution in [0, 0.1) is 17.8 Å². The molecule has 33 heavy (non-hydrogen) atoms. The zero-order valence-corrected chi connectivity index (χ0v) is 19.4. The van der Waals surface area contributed by atoms with Gasteiger partial charge in [-0.15, -0.1) is 0 Å². The lowest BCUT2D eigenvalue weighted by Crippen LogP contribution is -2.29. The summed E-state index contributed by atoms with van der Waals surface area (Å²) in [7, 11) is 0. The minimum Gasteiger partial charge on any atom is -0.482 e. The van der Waals surface area contributed by atoms with E-state index < -0.39 is 17.5 Å². The van der Waals surface area contributed by atoms with E-state index in [0.717, 1.165) is 50.5 Å². The van der Waals surface area contributed by atoms with E-state index in [9.17, 15) is 19.8 Å². The third-order valence-corrected chi connectivity index (χ3v) is 7.76. The first-order chi connectivity index (χ1) is 15.8. The summed E-state index contributed by atoms with van der Waals surface area (Å²) in [6, 6.07) is 5.88. The molecule has 0 aliphatic heterocycles. The summed E-state index contributed by atoms with van der Waals surface area (Å²) in [4.78, 5) is 23.2. The number of carbonyl (C=O) groups is 2. The molecule has 182 valence electrons. The molecule has 0 radical (unpaired) electrons. The number of aliphatic carboxylic acids is 1. The molecule has 7 heteroatoms. The largest absolute Gasteiger partial charge is 0.482 e. The van der Waals surface area contributed by atoms with Gasteiger partial charge in [-0.25, -0.2) is 4.79 Å². The Morgan fingerprint density at radius 3 is 2.70 bits per heavy atom. The fourth-order valence-corrected chi connectivity index (χ4v) is 5.94. The summed E-state index contributed by atoms with van der Waals surface area (Å²) in [5, 5.41) is 29.9. The van der Waals surface area contributed by atoms with E-state index in [4.69, 9.17) is 14.6 Å². The predicted molar refractivity (Wildman–Crippen MR) is 121 cm³/mol. The predicted octanol–water partition coefficient (Wildman–Crippen LogP) is 3.27. The molecule has 0 heterocycles. The van der Waals surface area contributed by atoms with Gasteiger partial charge in [-0.05, 0) is 86.3 Å². The molecule has 7 nitrogen and oxygen atoms in total. The van der Waals surface area contributed by atoms with Crippen LogP contribution in [0.15, 0.2) is 18.2 Å². The van der Waals surface area contributed by atoms with Crippen LogP contribution in [0.25, 0.3) is 0 Å². The van der Waals surface area contributed by atoms with Crippen molar-refractivity contribution in [3.05, 3.63) is 29.3 Å². The van der Waals surface area contributed by atoms with Crippen molar-refractivity contribution in [1.82, 2.24) is 0 Å². The first-order valence-corrected chi connectivity index (χ1v) is 12.3. The summed E-state index contributed by atoms with van der Waals surface area (Å²) in [6.45, 7) is 1.83. The number of carboxylic acid groups (broad SMARTS) is 1. The summed E-state index contributed by atoms with van der Waals surface area (Å²) < 4.78 is 11.2. The van der Waals surface area contributed by atoms with Crippen molar-refractivity contribution in [2.45, 2.75) is 88.9 Å². The van der Waals surface area contributed by atoms with Crippen LogP contribution < -0.4 is 4.74 Å². The Bertz CT molecular complexity index is 862. The maximum atomic E-state index is 12.3. The van der Waals surface area contributed by atoms with Gasteiger partial charge in [-0.3, -0.25) is 4.79 Å². The van der Waals surface area contributed by atoms with Crippen molar-refractivity contribution in [3.8, 4) is 5.75 Å². The van der Waals surface area contributed by atoms with E-state index in [2.05, 4.69) is 13.0 Å². The second-order valence-electron chi connectivity index (χ2n) is 10.2. The number of rotatable bonds is 11. The van der Waals surface area contributed by atoms with Crippen LogP contribution in [0.5, 0.6) is 5.75 Å². The Kier molecular flexibility index (Phi) is 7.29. The van der Waals surface area contributed by atoms with E-state index in [0.29, 0.717) is 30.4 Å². The quantitative estimate of drug-likeness (QED) is 0.434. The van der Waals surface area contributed by atoms with Crippen LogP contribution in [0.4, 0.5) is 0 Å². The van der Waals surface area contributed by atoms with Crippen LogP contribution in [-0.4, -0.2) is 51.7 Å². The summed E-state index contributed by atoms with van der Waals surface area (Å²) in [6.07, 6.45) is 6.14. The van der Waals surface area contributed by atoms with Gasteiger partial charge in [0.25, 0.3) is 0 Å². The van der Waals surface area contributed by atoms with Gasteiger partial charge in [-0.1, -0.05) is 25.5 Å². The maximum Gasteiger partial charge on any atom is 0.344 e. The number of hydrogen-bond acceptors (Lipinski definition) is 6. The molecular formula is C26H36O7. The van der Waals surface area contributed by atoms with Gasteiger partial charge in [0.2, 0.25) is 0 Å². The van der Waals surface area contributed by atoms with Crippen LogP contribution in [-0.2, 0) is 27.2 Å². The van der Waals surface area contributed by atoms with E-state index >= 15 is 0 Å². The average molecular weight is 461 g/mol. The number of ether oxygens (including phenoxy) is 2. The molecular weight excluding hydrogens is 424 g/mol. The zero-order chi connectivity index (χ0) is 23.6. The fourth-order valence-electron chi connectivity index (χ4n) is 5.94. The monoisotopic (exact) mass is 460 g/mol. The molecule has 4 rings (SSSR count). The molecule has 0 unspecified atom stereocenters. The molecule has 0 amide bonds. The van der Waals surface area contributed by atoms with Gasteiger partial charge in [0.05, 0.1) is 18.6 Å². The number of hydrogen-bond donors (Lipinski definition) is 3. The highest BCUT2D eigenvalue weighted by molar-refractivity contribution is 5.74. The lowest BCUT2D eigenvalue weighted by Gasteiger charge is -2.32. The second-order valence-corrected chi connectivity index (χ2v) is 10.2. The molecule has 3 aliphatic rings. The van der Waals surface area contributed by atoms with Gasteiger partial charge >= 0.3 is 11.9 Å². The number of carbonyl (C=O) groups excluding carboxylic acids is 1. The molecule has 0 bridgehead atoms. The normalized spacial score (nSPS) is 27.8. The Balaban J connectivity index is 1.36. The van der Waals surface area contributed by atoms with Crippen LogP contribution in [0.1, 0.15) is 69.4 Å². The van der Waals surface area contributed by atoms with Crippen molar-refractivity contribution in [3.63, 3.8) is 0 Å². The van der Waals surface area contributed by atoms with E-state index in [1.165, 1.54) is 5.56 Å². The Morgan fingerprint density at radius 2 is 2.00 bits per heavy atom. The van der Waals surface area contributed by atoms with Gasteiger partial charge in [-0.2, -0.15) is 0 Å². The van der Waals surface area contributed by atoms with Crippen molar-refractivity contribution >= 4 is 11.9 Å². The molecule has 3 N–H and O–H groups in total. The smallest absolute Gasteiger partial charge is 0.344 e.